The molecule has 1 saturated heterocycles. The van der Waals surface area contributed by atoms with E-state index in [0.717, 1.165) is 26.1 Å². The van der Waals surface area contributed by atoms with Crippen LogP contribution in [0.1, 0.15) is 60.1 Å². The third kappa shape index (κ3) is 5.62. The number of nitrogens with zero attached hydrogens (tertiary/aromatic N) is 2. The Labute approximate surface area is 215 Å². The largest absolute Gasteiger partial charge is 0.359 e. The van der Waals surface area contributed by atoms with Gasteiger partial charge in [-0.3, -0.25) is 4.79 Å². The average molecular weight is 529 g/mol. The Morgan fingerprint density at radius 3 is 1.91 bits per heavy atom. The zero-order chi connectivity index (χ0) is 25.4. The van der Waals surface area contributed by atoms with Crippen LogP contribution in [-0.4, -0.2) is 37.0 Å². The number of benzene rings is 2. The summed E-state index contributed by atoms with van der Waals surface area (Å²) in [7, 11) is 1.72. The molecular weight excluding hydrogens is 486 g/mol. The molecule has 1 aliphatic heterocycles. The zero-order valence-corrected chi connectivity index (χ0v) is 24.1. The lowest BCUT2D eigenvalue weighted by atomic mass is 9.85. The Balaban J connectivity index is 1.95. The molecular formula is C29H42BrN3O. The molecule has 2 unspecified atom stereocenters. The highest BCUT2D eigenvalue weighted by Crippen LogP contribution is 2.38. The van der Waals surface area contributed by atoms with Gasteiger partial charge in [0.1, 0.15) is 0 Å². The first-order valence-corrected chi connectivity index (χ1v) is 13.3. The molecule has 0 radical (unpaired) electrons. The number of rotatable bonds is 7. The van der Waals surface area contributed by atoms with Crippen LogP contribution < -0.4 is 15.1 Å². The van der Waals surface area contributed by atoms with E-state index in [4.69, 9.17) is 0 Å². The Morgan fingerprint density at radius 2 is 1.44 bits per heavy atom. The number of nitrogens with one attached hydrogen (secondary N) is 1. The summed E-state index contributed by atoms with van der Waals surface area (Å²) in [6, 6.07) is 9.53. The molecule has 34 heavy (non-hydrogen) atoms. The van der Waals surface area contributed by atoms with E-state index in [2.05, 4.69) is 96.9 Å². The molecule has 0 aliphatic carbocycles. The first-order chi connectivity index (χ1) is 15.8. The lowest BCUT2D eigenvalue weighted by Crippen LogP contribution is -2.38. The minimum absolute atomic E-state index is 0.0954. The summed E-state index contributed by atoms with van der Waals surface area (Å²) in [6.45, 7) is 19.2. The van der Waals surface area contributed by atoms with Crippen molar-refractivity contribution in [2.45, 2.75) is 79.1 Å². The van der Waals surface area contributed by atoms with Crippen molar-refractivity contribution in [3.05, 3.63) is 57.6 Å². The summed E-state index contributed by atoms with van der Waals surface area (Å²) in [4.78, 5) is 17.8. The summed E-state index contributed by atoms with van der Waals surface area (Å²) in [5.41, 5.74) is 10.3. The predicted octanol–water partition coefficient (Wildman–Crippen LogP) is 6.51. The number of carbonyl (C=O) groups is 1. The molecule has 5 heteroatoms. The summed E-state index contributed by atoms with van der Waals surface area (Å²) in [5, 5.41) is 2.83. The van der Waals surface area contributed by atoms with Gasteiger partial charge in [-0.05, 0) is 76.6 Å². The smallest absolute Gasteiger partial charge is 0.225 e. The third-order valence-corrected chi connectivity index (χ3v) is 7.87. The summed E-state index contributed by atoms with van der Waals surface area (Å²) in [5.74, 6) is 0.0954. The molecule has 2 atom stereocenters. The molecule has 1 fully saturated rings. The summed E-state index contributed by atoms with van der Waals surface area (Å²) >= 11 is 3.96. The van der Waals surface area contributed by atoms with Crippen LogP contribution in [-0.2, 0) is 4.79 Å². The van der Waals surface area contributed by atoms with Crippen molar-refractivity contribution in [2.75, 3.05) is 30.1 Å². The molecule has 186 valence electrons. The molecule has 2 aromatic carbocycles. The van der Waals surface area contributed by atoms with Crippen molar-refractivity contribution in [1.82, 2.24) is 5.32 Å². The van der Waals surface area contributed by atoms with Crippen molar-refractivity contribution in [3.8, 4) is 0 Å². The fourth-order valence-corrected chi connectivity index (χ4v) is 7.23. The van der Waals surface area contributed by atoms with Gasteiger partial charge >= 0.3 is 0 Å². The minimum Gasteiger partial charge on any atom is -0.359 e. The number of alkyl halides is 1. The minimum atomic E-state index is -0.411. The molecule has 1 amide bonds. The van der Waals surface area contributed by atoms with Crippen molar-refractivity contribution >= 4 is 33.2 Å². The van der Waals surface area contributed by atoms with Crippen LogP contribution in [0.15, 0.2) is 24.3 Å². The molecule has 4 nitrogen and oxygen atoms in total. The van der Waals surface area contributed by atoms with E-state index in [1.807, 2.05) is 13.8 Å². The SMILES string of the molecule is CNC(=O)C(C)(C)CC(Br)CC1CN(c2c(C)cc(C)cc2C)CN1c1c(C)cc(C)cc1C. The number of anilines is 2. The molecule has 0 saturated carbocycles. The highest BCUT2D eigenvalue weighted by atomic mass is 79.9. The van der Waals surface area contributed by atoms with Gasteiger partial charge in [0.05, 0.1) is 6.67 Å². The average Bonchev–Trinajstić information content (AvgIpc) is 3.07. The fraction of sp³-hybridized carbons (Fsp3) is 0.552. The van der Waals surface area contributed by atoms with Crippen molar-refractivity contribution in [2.24, 2.45) is 5.41 Å². The van der Waals surface area contributed by atoms with E-state index in [1.54, 1.807) is 7.05 Å². The first-order valence-electron chi connectivity index (χ1n) is 12.4. The highest BCUT2D eigenvalue weighted by molar-refractivity contribution is 9.09. The lowest BCUT2D eigenvalue weighted by Gasteiger charge is -2.32. The number of hydrogen-bond donors (Lipinski definition) is 1. The van der Waals surface area contributed by atoms with Crippen LogP contribution in [0.4, 0.5) is 11.4 Å². The highest BCUT2D eigenvalue weighted by Gasteiger charge is 2.37. The topological polar surface area (TPSA) is 35.6 Å². The van der Waals surface area contributed by atoms with Crippen LogP contribution in [0.3, 0.4) is 0 Å². The van der Waals surface area contributed by atoms with Gasteiger partial charge in [0.2, 0.25) is 5.91 Å². The van der Waals surface area contributed by atoms with E-state index in [9.17, 15) is 4.79 Å². The maximum Gasteiger partial charge on any atom is 0.225 e. The Morgan fingerprint density at radius 1 is 0.971 bits per heavy atom. The predicted molar refractivity (Wildman–Crippen MR) is 150 cm³/mol. The lowest BCUT2D eigenvalue weighted by molar-refractivity contribution is -0.129. The Kier molecular flexibility index (Phi) is 8.07. The summed E-state index contributed by atoms with van der Waals surface area (Å²) in [6.07, 6.45) is 1.78. The van der Waals surface area contributed by atoms with Crippen molar-refractivity contribution < 1.29 is 4.79 Å². The van der Waals surface area contributed by atoms with Gasteiger partial charge in [0.25, 0.3) is 0 Å². The molecule has 0 bridgehead atoms. The Bertz CT molecular complexity index is 1020. The zero-order valence-electron chi connectivity index (χ0n) is 22.5. The summed E-state index contributed by atoms with van der Waals surface area (Å²) < 4.78 is 0. The van der Waals surface area contributed by atoms with Gasteiger partial charge in [-0.15, -0.1) is 0 Å². The van der Waals surface area contributed by atoms with Crippen LogP contribution in [0.25, 0.3) is 0 Å². The fourth-order valence-electron chi connectivity index (χ4n) is 5.99. The first kappa shape index (κ1) is 26.6. The van der Waals surface area contributed by atoms with Gasteiger partial charge < -0.3 is 15.1 Å². The monoisotopic (exact) mass is 527 g/mol. The molecule has 2 aromatic rings. The van der Waals surface area contributed by atoms with Crippen LogP contribution in [0.2, 0.25) is 0 Å². The number of aryl methyl sites for hydroxylation is 6. The standard InChI is InChI=1S/C29H42BrN3O/c1-18-10-20(3)26(21(4)11-18)32-16-25(14-24(30)15-29(7,8)28(34)31-9)33(17-32)27-22(5)12-19(2)13-23(27)6/h10-13,24-25H,14-17H2,1-9H3,(H,31,34). The normalized spacial score (nSPS) is 17.3. The van der Waals surface area contributed by atoms with Crippen molar-refractivity contribution in [3.63, 3.8) is 0 Å². The van der Waals surface area contributed by atoms with E-state index >= 15 is 0 Å². The maximum atomic E-state index is 12.4. The van der Waals surface area contributed by atoms with E-state index in [1.165, 1.54) is 44.8 Å². The Hall–Kier alpha value is -2.01. The molecule has 1 heterocycles. The second-order valence-electron chi connectivity index (χ2n) is 11.0. The van der Waals surface area contributed by atoms with Crippen LogP contribution in [0.5, 0.6) is 0 Å². The quantitative estimate of drug-likeness (QED) is 0.417. The molecule has 0 aromatic heterocycles. The molecule has 1 N–H and O–H groups in total. The van der Waals surface area contributed by atoms with Gasteiger partial charge in [0.15, 0.2) is 0 Å². The number of amides is 1. The van der Waals surface area contributed by atoms with E-state index in [-0.39, 0.29) is 10.7 Å². The third-order valence-electron chi connectivity index (χ3n) is 7.17. The van der Waals surface area contributed by atoms with Crippen LogP contribution >= 0.6 is 15.9 Å². The van der Waals surface area contributed by atoms with E-state index in [0.29, 0.717) is 6.04 Å². The van der Waals surface area contributed by atoms with Gasteiger partial charge in [-0.2, -0.15) is 0 Å². The maximum absolute atomic E-state index is 12.4. The second-order valence-corrected chi connectivity index (χ2v) is 12.3. The molecule has 1 aliphatic rings. The number of halogens is 1. The van der Waals surface area contributed by atoms with Gasteiger partial charge in [0, 0.05) is 41.3 Å². The molecule has 3 rings (SSSR count). The van der Waals surface area contributed by atoms with Crippen LogP contribution in [0, 0.1) is 47.0 Å². The number of carbonyl (C=O) groups excluding carboxylic acids is 1. The van der Waals surface area contributed by atoms with Gasteiger partial charge in [-0.25, -0.2) is 0 Å². The molecule has 0 spiro atoms. The number of hydrogen-bond acceptors (Lipinski definition) is 3. The second kappa shape index (κ2) is 10.3. The van der Waals surface area contributed by atoms with Gasteiger partial charge in [-0.1, -0.05) is 65.2 Å². The van der Waals surface area contributed by atoms with Crippen molar-refractivity contribution in [1.29, 1.82) is 0 Å². The van der Waals surface area contributed by atoms with E-state index < -0.39 is 5.41 Å².